The number of nitrogen functional groups attached to an aromatic ring is 1. The molecular formula is C14H23BrN2O2S. The van der Waals surface area contributed by atoms with Crippen LogP contribution in [0, 0.1) is 5.92 Å². The summed E-state index contributed by atoms with van der Waals surface area (Å²) in [6, 6.07) is 4.62. The highest BCUT2D eigenvalue weighted by atomic mass is 79.9. The highest BCUT2D eigenvalue weighted by Gasteiger charge is 2.20. The molecule has 0 saturated heterocycles. The van der Waals surface area contributed by atoms with Gasteiger partial charge < -0.3 is 5.73 Å². The van der Waals surface area contributed by atoms with Crippen molar-refractivity contribution in [2.24, 2.45) is 5.92 Å². The van der Waals surface area contributed by atoms with Gasteiger partial charge in [-0.3, -0.25) is 0 Å². The lowest BCUT2D eigenvalue weighted by molar-refractivity contribution is 0.488. The summed E-state index contributed by atoms with van der Waals surface area (Å²) >= 11 is 3.25. The molecule has 0 heterocycles. The molecule has 114 valence electrons. The quantitative estimate of drug-likeness (QED) is 0.728. The highest BCUT2D eigenvalue weighted by Crippen LogP contribution is 2.24. The molecule has 20 heavy (non-hydrogen) atoms. The first kappa shape index (κ1) is 17.5. The number of sulfonamides is 1. The van der Waals surface area contributed by atoms with Gasteiger partial charge >= 0.3 is 0 Å². The van der Waals surface area contributed by atoms with Crippen molar-refractivity contribution in [3.8, 4) is 0 Å². The van der Waals surface area contributed by atoms with Crippen LogP contribution in [0.25, 0.3) is 0 Å². The molecule has 0 amide bonds. The van der Waals surface area contributed by atoms with E-state index < -0.39 is 10.0 Å². The Morgan fingerprint density at radius 1 is 1.25 bits per heavy atom. The predicted octanol–water partition coefficient (Wildman–Crippen LogP) is 3.52. The highest BCUT2D eigenvalue weighted by molar-refractivity contribution is 9.10. The Hall–Kier alpha value is -0.590. The number of halogens is 1. The average molecular weight is 363 g/mol. The van der Waals surface area contributed by atoms with E-state index in [0.717, 1.165) is 19.3 Å². The van der Waals surface area contributed by atoms with Crippen LogP contribution in [0.4, 0.5) is 5.69 Å². The van der Waals surface area contributed by atoms with Gasteiger partial charge in [-0.2, -0.15) is 0 Å². The second kappa shape index (κ2) is 7.43. The van der Waals surface area contributed by atoms with Crippen molar-refractivity contribution < 1.29 is 8.42 Å². The summed E-state index contributed by atoms with van der Waals surface area (Å²) < 4.78 is 27.8. The molecule has 6 heteroatoms. The third-order valence-electron chi connectivity index (χ3n) is 3.02. The van der Waals surface area contributed by atoms with Crippen molar-refractivity contribution >= 4 is 31.6 Å². The number of hydrogen-bond acceptors (Lipinski definition) is 3. The van der Waals surface area contributed by atoms with Crippen LogP contribution in [-0.2, 0) is 10.0 Å². The van der Waals surface area contributed by atoms with E-state index in [1.54, 1.807) is 12.1 Å². The fourth-order valence-corrected chi connectivity index (χ4v) is 4.33. The Labute approximate surface area is 130 Å². The first-order valence-corrected chi connectivity index (χ1v) is 9.07. The lowest BCUT2D eigenvalue weighted by Gasteiger charge is -2.15. The fraction of sp³-hybridized carbons (Fsp3) is 0.571. The van der Waals surface area contributed by atoms with Gasteiger partial charge in [0.05, 0.1) is 4.90 Å². The Balaban J connectivity index is 2.69. The molecule has 1 aromatic rings. The maximum atomic E-state index is 12.3. The van der Waals surface area contributed by atoms with Crippen molar-refractivity contribution in [2.75, 3.05) is 5.73 Å². The minimum Gasteiger partial charge on any atom is -0.399 e. The molecule has 1 atom stereocenters. The Morgan fingerprint density at radius 2 is 1.90 bits per heavy atom. The molecule has 0 radical (unpaired) electrons. The van der Waals surface area contributed by atoms with Crippen molar-refractivity contribution in [1.29, 1.82) is 0 Å². The molecule has 1 rings (SSSR count). The van der Waals surface area contributed by atoms with Gasteiger partial charge in [-0.1, -0.05) is 26.7 Å². The van der Waals surface area contributed by atoms with E-state index in [-0.39, 0.29) is 10.9 Å². The largest absolute Gasteiger partial charge is 0.399 e. The van der Waals surface area contributed by atoms with Gasteiger partial charge in [0.25, 0.3) is 0 Å². The molecule has 0 bridgehead atoms. The summed E-state index contributed by atoms with van der Waals surface area (Å²) in [4.78, 5) is 0.224. The van der Waals surface area contributed by atoms with Crippen LogP contribution in [-0.4, -0.2) is 14.5 Å². The Bertz CT molecular complexity index is 544. The van der Waals surface area contributed by atoms with Crippen LogP contribution in [0.5, 0.6) is 0 Å². The summed E-state index contributed by atoms with van der Waals surface area (Å²) in [7, 11) is -3.51. The van der Waals surface area contributed by atoms with Gasteiger partial charge in [0.2, 0.25) is 10.0 Å². The molecule has 4 nitrogen and oxygen atoms in total. The van der Waals surface area contributed by atoms with Crippen molar-refractivity contribution in [3.05, 3.63) is 22.7 Å². The second-order valence-corrected chi connectivity index (χ2v) is 8.07. The number of hydrogen-bond donors (Lipinski definition) is 2. The molecule has 0 aliphatic heterocycles. The molecule has 0 aromatic heterocycles. The van der Waals surface area contributed by atoms with Gasteiger partial charge in [-0.15, -0.1) is 0 Å². The van der Waals surface area contributed by atoms with Gasteiger partial charge in [0.1, 0.15) is 0 Å². The van der Waals surface area contributed by atoms with Crippen LogP contribution in [0.2, 0.25) is 0 Å². The lowest BCUT2D eigenvalue weighted by Crippen LogP contribution is -2.32. The van der Waals surface area contributed by atoms with Gasteiger partial charge in [-0.25, -0.2) is 13.1 Å². The van der Waals surface area contributed by atoms with E-state index in [1.165, 1.54) is 6.07 Å². The topological polar surface area (TPSA) is 72.2 Å². The molecule has 0 saturated carbocycles. The zero-order chi connectivity index (χ0) is 15.3. The lowest BCUT2D eigenvalue weighted by atomic mass is 10.0. The van der Waals surface area contributed by atoms with Gasteiger partial charge in [0, 0.05) is 16.2 Å². The molecule has 1 aromatic carbocycles. The molecular weight excluding hydrogens is 340 g/mol. The first-order valence-electron chi connectivity index (χ1n) is 6.79. The molecule has 1 unspecified atom stereocenters. The van der Waals surface area contributed by atoms with Crippen LogP contribution in [0.3, 0.4) is 0 Å². The molecule has 3 N–H and O–H groups in total. The summed E-state index contributed by atoms with van der Waals surface area (Å²) in [6.45, 7) is 6.23. The second-order valence-electron chi connectivity index (χ2n) is 5.54. The summed E-state index contributed by atoms with van der Waals surface area (Å²) in [5.74, 6) is 0.644. The van der Waals surface area contributed by atoms with Crippen LogP contribution in [0.15, 0.2) is 27.6 Å². The maximum absolute atomic E-state index is 12.3. The summed E-state index contributed by atoms with van der Waals surface area (Å²) in [5, 5.41) is 0. The van der Waals surface area contributed by atoms with Crippen molar-refractivity contribution in [2.45, 2.75) is 51.0 Å². The number of rotatable bonds is 7. The number of anilines is 1. The maximum Gasteiger partial charge on any atom is 0.241 e. The number of nitrogens with two attached hydrogens (primary N) is 1. The van der Waals surface area contributed by atoms with Gasteiger partial charge in [0.15, 0.2) is 0 Å². The first-order chi connectivity index (χ1) is 9.22. The number of benzene rings is 1. The summed E-state index contributed by atoms with van der Waals surface area (Å²) in [6.07, 6.45) is 2.96. The predicted molar refractivity (Wildman–Crippen MR) is 87.0 cm³/mol. The van der Waals surface area contributed by atoms with Crippen molar-refractivity contribution in [1.82, 2.24) is 4.72 Å². The van der Waals surface area contributed by atoms with Crippen molar-refractivity contribution in [3.63, 3.8) is 0 Å². The van der Waals surface area contributed by atoms with Crippen LogP contribution < -0.4 is 10.5 Å². The average Bonchev–Trinajstić information content (AvgIpc) is 2.26. The minimum atomic E-state index is -3.51. The van der Waals surface area contributed by atoms with E-state index in [2.05, 4.69) is 34.5 Å². The number of nitrogens with one attached hydrogen (secondary N) is 1. The van der Waals surface area contributed by atoms with E-state index in [0.29, 0.717) is 16.1 Å². The molecule has 0 spiro atoms. The third kappa shape index (κ3) is 5.42. The summed E-state index contributed by atoms with van der Waals surface area (Å²) in [5.41, 5.74) is 6.15. The normalized spacial score (nSPS) is 13.7. The Kier molecular flexibility index (Phi) is 6.48. The van der Waals surface area contributed by atoms with E-state index in [9.17, 15) is 8.42 Å². The van der Waals surface area contributed by atoms with Gasteiger partial charge in [-0.05, 0) is 53.4 Å². The zero-order valence-electron chi connectivity index (χ0n) is 12.2. The van der Waals surface area contributed by atoms with E-state index >= 15 is 0 Å². The van der Waals surface area contributed by atoms with E-state index in [4.69, 9.17) is 5.73 Å². The minimum absolute atomic E-state index is 0.0804. The molecule has 0 aliphatic carbocycles. The Morgan fingerprint density at radius 3 is 2.45 bits per heavy atom. The van der Waals surface area contributed by atoms with E-state index in [1.807, 2.05) is 6.92 Å². The zero-order valence-corrected chi connectivity index (χ0v) is 14.6. The fourth-order valence-electron chi connectivity index (χ4n) is 1.95. The SMILES string of the molecule is CC(C)CCCC(C)NS(=O)(=O)c1ccc(N)cc1Br. The monoisotopic (exact) mass is 362 g/mol. The standard InChI is InChI=1S/C14H23BrN2O2S/c1-10(2)5-4-6-11(3)17-20(18,19)14-8-7-12(16)9-13(14)15/h7-11,17H,4-6,16H2,1-3H3. The van der Waals surface area contributed by atoms with Crippen LogP contribution >= 0.6 is 15.9 Å². The smallest absolute Gasteiger partial charge is 0.241 e. The third-order valence-corrected chi connectivity index (χ3v) is 5.59. The van der Waals surface area contributed by atoms with Crippen LogP contribution in [0.1, 0.15) is 40.0 Å². The molecule has 0 fully saturated rings. The molecule has 0 aliphatic rings.